The Kier molecular flexibility index (Phi) is 5.59. The third-order valence-electron chi connectivity index (χ3n) is 2.77. The number of aliphatic hydroxyl groups is 1. The Morgan fingerprint density at radius 3 is 2.81 bits per heavy atom. The summed E-state index contributed by atoms with van der Waals surface area (Å²) in [6.45, 7) is 0.889. The molecule has 0 fully saturated rings. The minimum atomic E-state index is -0.975. The molecule has 2 N–H and O–H groups in total. The van der Waals surface area contributed by atoms with Crippen LogP contribution in [0.15, 0.2) is 42.7 Å². The van der Waals surface area contributed by atoms with Gasteiger partial charge in [0.2, 0.25) is 0 Å². The summed E-state index contributed by atoms with van der Waals surface area (Å²) in [6, 6.07) is 7.00. The summed E-state index contributed by atoms with van der Waals surface area (Å²) in [4.78, 5) is 3.98. The number of nitrogens with one attached hydrogen (secondary N) is 1. The predicted octanol–water partition coefficient (Wildman–Crippen LogP) is 1.89. The first-order valence-corrected chi connectivity index (χ1v) is 6.50. The van der Waals surface area contributed by atoms with Gasteiger partial charge in [-0.05, 0) is 23.8 Å². The Hall–Kier alpha value is -2.05. The second kappa shape index (κ2) is 7.66. The molecule has 0 aliphatic carbocycles. The van der Waals surface area contributed by atoms with Gasteiger partial charge in [-0.15, -0.1) is 0 Å². The van der Waals surface area contributed by atoms with E-state index in [0.29, 0.717) is 13.1 Å². The zero-order valence-electron chi connectivity index (χ0n) is 11.3. The number of ether oxygens (including phenoxy) is 1. The van der Waals surface area contributed by atoms with Gasteiger partial charge in [-0.3, -0.25) is 4.98 Å². The van der Waals surface area contributed by atoms with Gasteiger partial charge in [0.15, 0.2) is 11.6 Å². The molecule has 0 bridgehead atoms. The minimum absolute atomic E-state index is 0.00882. The van der Waals surface area contributed by atoms with Crippen molar-refractivity contribution >= 4 is 0 Å². The Balaban J connectivity index is 1.69. The van der Waals surface area contributed by atoms with Crippen LogP contribution in [0.3, 0.4) is 0 Å². The number of benzene rings is 1. The minimum Gasteiger partial charge on any atom is -0.491 e. The summed E-state index contributed by atoms with van der Waals surface area (Å²) in [5.74, 6) is -1.72. The number of halogens is 2. The van der Waals surface area contributed by atoms with Gasteiger partial charge in [-0.2, -0.15) is 0 Å². The number of hydrogen-bond donors (Lipinski definition) is 2. The largest absolute Gasteiger partial charge is 0.491 e. The van der Waals surface area contributed by atoms with Crippen molar-refractivity contribution in [2.45, 2.75) is 12.6 Å². The van der Waals surface area contributed by atoms with E-state index in [0.717, 1.165) is 17.7 Å². The molecule has 1 aromatic carbocycles. The van der Waals surface area contributed by atoms with E-state index >= 15 is 0 Å². The van der Waals surface area contributed by atoms with Crippen molar-refractivity contribution in [2.24, 2.45) is 0 Å². The van der Waals surface area contributed by atoms with Crippen LogP contribution in [-0.4, -0.2) is 29.3 Å². The normalized spacial score (nSPS) is 12.1. The molecule has 6 heteroatoms. The molecule has 1 unspecified atom stereocenters. The first-order chi connectivity index (χ1) is 10.1. The van der Waals surface area contributed by atoms with Gasteiger partial charge in [-0.25, -0.2) is 8.78 Å². The fourth-order valence-corrected chi connectivity index (χ4v) is 1.70. The average Bonchev–Trinajstić information content (AvgIpc) is 2.49. The SMILES string of the molecule is OC(CNCc1cccnc1)COc1ccc(F)c(F)c1. The molecule has 0 radical (unpaired) electrons. The molecule has 0 aliphatic rings. The van der Waals surface area contributed by atoms with Crippen molar-refractivity contribution in [1.82, 2.24) is 10.3 Å². The third-order valence-corrected chi connectivity index (χ3v) is 2.77. The van der Waals surface area contributed by atoms with E-state index in [1.807, 2.05) is 12.1 Å². The standard InChI is InChI=1S/C15H16F2N2O2/c16-14-4-3-13(6-15(14)17)21-10-12(20)9-19-8-11-2-1-5-18-7-11/h1-7,12,19-20H,8-10H2. The van der Waals surface area contributed by atoms with Gasteiger partial charge in [0.05, 0.1) is 0 Å². The van der Waals surface area contributed by atoms with Crippen LogP contribution in [0, 0.1) is 11.6 Å². The van der Waals surface area contributed by atoms with Crippen LogP contribution in [0.4, 0.5) is 8.78 Å². The second-order valence-corrected chi connectivity index (χ2v) is 4.53. The highest BCUT2D eigenvalue weighted by Gasteiger charge is 2.07. The van der Waals surface area contributed by atoms with Crippen LogP contribution in [0.1, 0.15) is 5.56 Å². The van der Waals surface area contributed by atoms with Crippen molar-refractivity contribution in [3.63, 3.8) is 0 Å². The van der Waals surface area contributed by atoms with Gasteiger partial charge in [0, 0.05) is 31.5 Å². The van der Waals surface area contributed by atoms with E-state index in [2.05, 4.69) is 10.3 Å². The fraction of sp³-hybridized carbons (Fsp3) is 0.267. The molecule has 21 heavy (non-hydrogen) atoms. The number of pyridine rings is 1. The molecule has 0 spiro atoms. The van der Waals surface area contributed by atoms with Crippen molar-refractivity contribution in [3.05, 3.63) is 59.9 Å². The van der Waals surface area contributed by atoms with Crippen molar-refractivity contribution < 1.29 is 18.6 Å². The molecule has 112 valence electrons. The molecule has 0 saturated carbocycles. The van der Waals surface area contributed by atoms with Crippen molar-refractivity contribution in [3.8, 4) is 5.75 Å². The lowest BCUT2D eigenvalue weighted by molar-refractivity contribution is 0.106. The van der Waals surface area contributed by atoms with Crippen LogP contribution < -0.4 is 10.1 Å². The number of nitrogens with zero attached hydrogens (tertiary/aromatic N) is 1. The summed E-state index contributed by atoms with van der Waals surface area (Å²) in [7, 11) is 0. The summed E-state index contributed by atoms with van der Waals surface area (Å²) in [5, 5.41) is 12.8. The zero-order chi connectivity index (χ0) is 15.1. The summed E-state index contributed by atoms with van der Waals surface area (Å²) >= 11 is 0. The zero-order valence-corrected chi connectivity index (χ0v) is 11.3. The van der Waals surface area contributed by atoms with Crippen LogP contribution in [0.5, 0.6) is 5.75 Å². The van der Waals surface area contributed by atoms with Gasteiger partial charge < -0.3 is 15.2 Å². The van der Waals surface area contributed by atoms with Crippen LogP contribution >= 0.6 is 0 Å². The Labute approximate surface area is 121 Å². The maximum atomic E-state index is 13.0. The van der Waals surface area contributed by atoms with Gasteiger partial charge in [0.1, 0.15) is 18.5 Å². The first-order valence-electron chi connectivity index (χ1n) is 6.50. The predicted molar refractivity (Wildman–Crippen MR) is 73.8 cm³/mol. The lowest BCUT2D eigenvalue weighted by Gasteiger charge is -2.13. The Bertz CT molecular complexity index is 567. The van der Waals surface area contributed by atoms with E-state index in [-0.39, 0.29) is 12.4 Å². The van der Waals surface area contributed by atoms with Gasteiger partial charge >= 0.3 is 0 Å². The molecule has 1 aromatic heterocycles. The van der Waals surface area contributed by atoms with E-state index in [4.69, 9.17) is 4.74 Å². The Morgan fingerprint density at radius 1 is 1.24 bits per heavy atom. The highest BCUT2D eigenvalue weighted by atomic mass is 19.2. The number of hydrogen-bond acceptors (Lipinski definition) is 4. The first kappa shape index (κ1) is 15.3. The second-order valence-electron chi connectivity index (χ2n) is 4.53. The fourth-order valence-electron chi connectivity index (χ4n) is 1.70. The Morgan fingerprint density at radius 2 is 2.10 bits per heavy atom. The van der Waals surface area contributed by atoms with E-state index in [1.54, 1.807) is 12.4 Å². The maximum absolute atomic E-state index is 13.0. The molecule has 0 aliphatic heterocycles. The molecule has 0 saturated heterocycles. The van der Waals surface area contributed by atoms with E-state index in [9.17, 15) is 13.9 Å². The average molecular weight is 294 g/mol. The molecule has 1 heterocycles. The quantitative estimate of drug-likeness (QED) is 0.819. The van der Waals surface area contributed by atoms with Crippen LogP contribution in [0.2, 0.25) is 0 Å². The maximum Gasteiger partial charge on any atom is 0.162 e. The lowest BCUT2D eigenvalue weighted by Crippen LogP contribution is -2.31. The van der Waals surface area contributed by atoms with Gasteiger partial charge in [0.25, 0.3) is 0 Å². The lowest BCUT2D eigenvalue weighted by atomic mass is 10.3. The molecular weight excluding hydrogens is 278 g/mol. The van der Waals surface area contributed by atoms with E-state index < -0.39 is 17.7 Å². The monoisotopic (exact) mass is 294 g/mol. The van der Waals surface area contributed by atoms with Crippen molar-refractivity contribution in [2.75, 3.05) is 13.2 Å². The molecule has 2 aromatic rings. The molecule has 2 rings (SSSR count). The molecule has 0 amide bonds. The number of aromatic nitrogens is 1. The number of rotatable bonds is 7. The van der Waals surface area contributed by atoms with Gasteiger partial charge in [-0.1, -0.05) is 6.07 Å². The topological polar surface area (TPSA) is 54.4 Å². The summed E-state index contributed by atoms with van der Waals surface area (Å²) in [5.41, 5.74) is 1.01. The highest BCUT2D eigenvalue weighted by Crippen LogP contribution is 2.15. The third kappa shape index (κ3) is 5.09. The molecule has 4 nitrogen and oxygen atoms in total. The summed E-state index contributed by atoms with van der Waals surface area (Å²) in [6.07, 6.45) is 2.67. The van der Waals surface area contributed by atoms with E-state index in [1.165, 1.54) is 6.07 Å². The highest BCUT2D eigenvalue weighted by molar-refractivity contribution is 5.23. The number of aliphatic hydroxyl groups excluding tert-OH is 1. The molecular formula is C15H16F2N2O2. The van der Waals surface area contributed by atoms with Crippen LogP contribution in [0.25, 0.3) is 0 Å². The molecule has 1 atom stereocenters. The smallest absolute Gasteiger partial charge is 0.162 e. The summed E-state index contributed by atoms with van der Waals surface area (Å²) < 4.78 is 30.9. The van der Waals surface area contributed by atoms with Crippen LogP contribution in [-0.2, 0) is 6.54 Å². The van der Waals surface area contributed by atoms with Crippen molar-refractivity contribution in [1.29, 1.82) is 0 Å².